The molecule has 0 spiro atoms. The molecule has 128 valence electrons. The van der Waals surface area contributed by atoms with Crippen molar-refractivity contribution in [2.45, 2.75) is 42.5 Å². The molecule has 24 heavy (non-hydrogen) atoms. The van der Waals surface area contributed by atoms with Crippen LogP contribution in [0.3, 0.4) is 0 Å². The third-order valence-corrected chi connectivity index (χ3v) is 6.26. The van der Waals surface area contributed by atoms with Crippen molar-refractivity contribution in [3.8, 4) is 5.69 Å². The molecule has 1 saturated carbocycles. The molecule has 0 bridgehead atoms. The Labute approximate surface area is 153 Å². The van der Waals surface area contributed by atoms with Crippen LogP contribution in [-0.4, -0.2) is 27.5 Å². The number of carbonyl (C=O) groups is 1. The molecule has 4 nitrogen and oxygen atoms in total. The van der Waals surface area contributed by atoms with E-state index in [2.05, 4.69) is 10.4 Å². The summed E-state index contributed by atoms with van der Waals surface area (Å²) in [4.78, 5) is 12.1. The Hall–Kier alpha value is -1.25. The van der Waals surface area contributed by atoms with Gasteiger partial charge >= 0.3 is 0 Å². The van der Waals surface area contributed by atoms with Gasteiger partial charge in [-0.1, -0.05) is 42.4 Å². The summed E-state index contributed by atoms with van der Waals surface area (Å²) in [7, 11) is 0. The quantitative estimate of drug-likeness (QED) is 0.616. The predicted octanol–water partition coefficient (Wildman–Crippen LogP) is 4.34. The first-order valence-corrected chi connectivity index (χ1v) is 10.1. The Bertz CT molecular complexity index is 751. The lowest BCUT2D eigenvalue weighted by Gasteiger charge is -2.22. The van der Waals surface area contributed by atoms with E-state index in [0.29, 0.717) is 15.7 Å². The topological polar surface area (TPSA) is 46.9 Å². The fraction of sp³-hybridized carbons (Fsp3) is 0.438. The molecule has 3 rings (SSSR count). The molecule has 1 heterocycles. The van der Waals surface area contributed by atoms with Crippen molar-refractivity contribution in [2.24, 2.45) is 0 Å². The van der Waals surface area contributed by atoms with Gasteiger partial charge in [0.2, 0.25) is 5.91 Å². The molecule has 0 atom stereocenters. The number of carbonyl (C=O) groups excluding carboxylic acids is 1. The number of thioether (sulfide) groups is 1. The van der Waals surface area contributed by atoms with Crippen molar-refractivity contribution in [2.75, 3.05) is 5.75 Å². The maximum atomic E-state index is 13.0. The summed E-state index contributed by atoms with van der Waals surface area (Å²) in [5.74, 6) is 0.0817. The van der Waals surface area contributed by atoms with Crippen molar-refractivity contribution in [1.82, 2.24) is 15.1 Å². The maximum absolute atomic E-state index is 13.0. The van der Waals surface area contributed by atoms with Gasteiger partial charge in [0.25, 0.3) is 0 Å². The molecule has 1 aliphatic carbocycles. The molecule has 0 radical (unpaired) electrons. The highest BCUT2D eigenvalue weighted by Crippen LogP contribution is 2.24. The van der Waals surface area contributed by atoms with Gasteiger partial charge in [0, 0.05) is 6.04 Å². The molecule has 1 aromatic heterocycles. The molecular formula is C16H18FN3OS3. The second-order valence-corrected chi connectivity index (χ2v) is 8.56. The standard InChI is InChI=1S/C16H18FN3OS3/c17-11-6-8-13(9-7-11)20-16(22)24-15(19-20)23-10-14(21)18-12-4-2-1-3-5-12/h6-9,12H,1-5,10H2,(H,18,21). The summed E-state index contributed by atoms with van der Waals surface area (Å²) < 4.78 is 15.9. The number of halogens is 1. The highest BCUT2D eigenvalue weighted by molar-refractivity contribution is 8.01. The van der Waals surface area contributed by atoms with E-state index in [1.807, 2.05) is 0 Å². The van der Waals surface area contributed by atoms with Crippen LogP contribution in [0.25, 0.3) is 5.69 Å². The van der Waals surface area contributed by atoms with E-state index < -0.39 is 0 Å². The minimum atomic E-state index is -0.297. The van der Waals surface area contributed by atoms with E-state index in [1.165, 1.54) is 54.5 Å². The van der Waals surface area contributed by atoms with Crippen molar-refractivity contribution in [3.05, 3.63) is 34.0 Å². The second-order valence-electron chi connectivity index (χ2n) is 5.71. The highest BCUT2D eigenvalue weighted by atomic mass is 32.2. The molecule has 2 aromatic rings. The first kappa shape index (κ1) is 17.6. The molecule has 8 heteroatoms. The Morgan fingerprint density at radius 2 is 2.04 bits per heavy atom. The SMILES string of the molecule is O=C(CSc1nn(-c2ccc(F)cc2)c(=S)s1)NC1CCCCC1. The second kappa shape index (κ2) is 8.22. The van der Waals surface area contributed by atoms with Crippen LogP contribution < -0.4 is 5.32 Å². The fourth-order valence-corrected chi connectivity index (χ4v) is 4.88. The van der Waals surface area contributed by atoms with Crippen molar-refractivity contribution >= 4 is 41.2 Å². The number of nitrogens with zero attached hydrogens (tertiary/aromatic N) is 2. The number of rotatable bonds is 5. The Morgan fingerprint density at radius 3 is 2.75 bits per heavy atom. The lowest BCUT2D eigenvalue weighted by atomic mass is 9.95. The molecule has 0 unspecified atom stereocenters. The van der Waals surface area contributed by atoms with E-state index in [-0.39, 0.29) is 11.7 Å². The minimum Gasteiger partial charge on any atom is -0.353 e. The molecule has 1 fully saturated rings. The Kier molecular flexibility index (Phi) is 6.02. The zero-order chi connectivity index (χ0) is 16.9. The predicted molar refractivity (Wildman–Crippen MR) is 98.0 cm³/mol. The van der Waals surface area contributed by atoms with Gasteiger partial charge in [0.1, 0.15) is 5.82 Å². The van der Waals surface area contributed by atoms with Gasteiger partial charge in [-0.05, 0) is 49.3 Å². The van der Waals surface area contributed by atoms with Gasteiger partial charge < -0.3 is 5.32 Å². The van der Waals surface area contributed by atoms with Crippen LogP contribution in [0.4, 0.5) is 4.39 Å². The number of hydrogen-bond donors (Lipinski definition) is 1. The average molecular weight is 384 g/mol. The van der Waals surface area contributed by atoms with Gasteiger partial charge in [0.05, 0.1) is 11.4 Å². The number of nitrogens with one attached hydrogen (secondary N) is 1. The van der Waals surface area contributed by atoms with Gasteiger partial charge in [0.15, 0.2) is 8.29 Å². The average Bonchev–Trinajstić information content (AvgIpc) is 2.95. The summed E-state index contributed by atoms with van der Waals surface area (Å²) in [6, 6.07) is 6.34. The van der Waals surface area contributed by atoms with Crippen LogP contribution in [0.1, 0.15) is 32.1 Å². The van der Waals surface area contributed by atoms with Gasteiger partial charge in [-0.2, -0.15) is 0 Å². The maximum Gasteiger partial charge on any atom is 0.230 e. The summed E-state index contributed by atoms with van der Waals surface area (Å²) in [6.07, 6.45) is 5.82. The number of benzene rings is 1. The van der Waals surface area contributed by atoms with E-state index >= 15 is 0 Å². The smallest absolute Gasteiger partial charge is 0.230 e. The van der Waals surface area contributed by atoms with Crippen molar-refractivity contribution < 1.29 is 9.18 Å². The lowest BCUT2D eigenvalue weighted by Crippen LogP contribution is -2.37. The summed E-state index contributed by atoms with van der Waals surface area (Å²) in [5.41, 5.74) is 0.719. The summed E-state index contributed by atoms with van der Waals surface area (Å²) in [5, 5.41) is 7.51. The zero-order valence-electron chi connectivity index (χ0n) is 13.0. The lowest BCUT2D eigenvalue weighted by molar-refractivity contribution is -0.119. The van der Waals surface area contributed by atoms with Crippen LogP contribution in [0.5, 0.6) is 0 Å². The molecule has 0 aliphatic heterocycles. The van der Waals surface area contributed by atoms with E-state index in [0.717, 1.165) is 22.9 Å². The first-order valence-electron chi connectivity index (χ1n) is 7.90. The Morgan fingerprint density at radius 1 is 1.33 bits per heavy atom. The Balaban J connectivity index is 1.58. The van der Waals surface area contributed by atoms with Gasteiger partial charge in [-0.25, -0.2) is 9.07 Å². The van der Waals surface area contributed by atoms with Crippen LogP contribution in [-0.2, 0) is 4.79 Å². The van der Waals surface area contributed by atoms with Crippen LogP contribution in [0.2, 0.25) is 0 Å². The molecule has 1 amide bonds. The van der Waals surface area contributed by atoms with Gasteiger partial charge in [-0.3, -0.25) is 4.79 Å². The van der Waals surface area contributed by atoms with Crippen molar-refractivity contribution in [3.63, 3.8) is 0 Å². The molecular weight excluding hydrogens is 365 g/mol. The molecule has 0 saturated heterocycles. The zero-order valence-corrected chi connectivity index (χ0v) is 15.5. The van der Waals surface area contributed by atoms with E-state index in [4.69, 9.17) is 12.2 Å². The van der Waals surface area contributed by atoms with Crippen LogP contribution >= 0.6 is 35.3 Å². The molecule has 1 N–H and O–H groups in total. The highest BCUT2D eigenvalue weighted by Gasteiger charge is 2.16. The number of amides is 1. The number of hydrogen-bond acceptors (Lipinski definition) is 5. The van der Waals surface area contributed by atoms with Crippen molar-refractivity contribution in [1.29, 1.82) is 0 Å². The largest absolute Gasteiger partial charge is 0.353 e. The summed E-state index contributed by atoms with van der Waals surface area (Å²) >= 11 is 8.05. The minimum absolute atomic E-state index is 0.0429. The van der Waals surface area contributed by atoms with Crippen LogP contribution in [0, 0.1) is 9.77 Å². The first-order chi connectivity index (χ1) is 11.6. The fourth-order valence-electron chi connectivity index (χ4n) is 2.71. The monoisotopic (exact) mass is 383 g/mol. The van der Waals surface area contributed by atoms with Gasteiger partial charge in [-0.15, -0.1) is 5.10 Å². The van der Waals surface area contributed by atoms with Crippen LogP contribution in [0.15, 0.2) is 28.6 Å². The van der Waals surface area contributed by atoms with E-state index in [9.17, 15) is 9.18 Å². The third kappa shape index (κ3) is 4.64. The summed E-state index contributed by atoms with van der Waals surface area (Å²) in [6.45, 7) is 0. The van der Waals surface area contributed by atoms with E-state index in [1.54, 1.807) is 16.8 Å². The number of aromatic nitrogens is 2. The third-order valence-electron chi connectivity index (χ3n) is 3.90. The molecule has 1 aromatic carbocycles. The molecule has 1 aliphatic rings. The normalized spacial score (nSPS) is 15.4.